The van der Waals surface area contributed by atoms with Crippen LogP contribution in [0.1, 0.15) is 5.56 Å². The van der Waals surface area contributed by atoms with Gasteiger partial charge in [-0.2, -0.15) is 5.26 Å². The molecule has 84 valence electrons. The van der Waals surface area contributed by atoms with Gasteiger partial charge in [0, 0.05) is 4.47 Å². The van der Waals surface area contributed by atoms with E-state index in [-0.39, 0.29) is 0 Å². The molecule has 1 aromatic carbocycles. The number of anilines is 3. The predicted octanol–water partition coefficient (Wildman–Crippen LogP) is 3.04. The highest BCUT2D eigenvalue weighted by atomic mass is 79.9. The molecular formula is C12H9BrN4. The quantitative estimate of drug-likeness (QED) is 0.891. The minimum absolute atomic E-state index is 0.562. The van der Waals surface area contributed by atoms with Crippen molar-refractivity contribution in [2.45, 2.75) is 0 Å². The Balaban J connectivity index is 2.32. The summed E-state index contributed by atoms with van der Waals surface area (Å²) in [6.07, 6.45) is 1.56. The van der Waals surface area contributed by atoms with Crippen LogP contribution in [-0.4, -0.2) is 4.98 Å². The molecule has 0 atom stereocenters. The molecule has 0 bridgehead atoms. The fourth-order valence-corrected chi connectivity index (χ4v) is 1.70. The van der Waals surface area contributed by atoms with E-state index in [1.165, 1.54) is 0 Å². The molecule has 1 heterocycles. The standard InChI is InChI=1S/C12H9BrN4/c13-9-2-1-8(6-14)11(5-9)17-12-4-3-10(15)7-16-12/h1-5,7H,15H2,(H,16,17). The summed E-state index contributed by atoms with van der Waals surface area (Å²) >= 11 is 3.36. The topological polar surface area (TPSA) is 74.7 Å². The number of pyridine rings is 1. The summed E-state index contributed by atoms with van der Waals surface area (Å²) in [6.45, 7) is 0. The highest BCUT2D eigenvalue weighted by Crippen LogP contribution is 2.23. The van der Waals surface area contributed by atoms with Crippen LogP contribution in [0.5, 0.6) is 0 Å². The molecule has 5 heteroatoms. The van der Waals surface area contributed by atoms with Crippen LogP contribution >= 0.6 is 15.9 Å². The summed E-state index contributed by atoms with van der Waals surface area (Å²) < 4.78 is 0.898. The molecule has 2 rings (SSSR count). The van der Waals surface area contributed by atoms with E-state index in [4.69, 9.17) is 11.0 Å². The molecule has 0 radical (unpaired) electrons. The third-order valence-corrected chi connectivity index (χ3v) is 2.64. The van der Waals surface area contributed by atoms with E-state index < -0.39 is 0 Å². The number of rotatable bonds is 2. The number of nitrogens with two attached hydrogens (primary N) is 1. The first-order chi connectivity index (χ1) is 8.19. The summed E-state index contributed by atoms with van der Waals surface area (Å²) in [5.41, 5.74) is 7.42. The number of aromatic nitrogens is 1. The molecule has 4 nitrogen and oxygen atoms in total. The van der Waals surface area contributed by atoms with Gasteiger partial charge >= 0.3 is 0 Å². The van der Waals surface area contributed by atoms with Crippen molar-refractivity contribution in [2.75, 3.05) is 11.1 Å². The molecule has 3 N–H and O–H groups in total. The van der Waals surface area contributed by atoms with Gasteiger partial charge in [-0.15, -0.1) is 0 Å². The molecule has 0 aliphatic rings. The van der Waals surface area contributed by atoms with Crippen molar-refractivity contribution in [1.29, 1.82) is 5.26 Å². The Bertz CT molecular complexity index is 572. The maximum Gasteiger partial charge on any atom is 0.130 e. The van der Waals surface area contributed by atoms with Crippen molar-refractivity contribution in [3.05, 3.63) is 46.6 Å². The second kappa shape index (κ2) is 4.85. The molecule has 0 saturated carbocycles. The van der Waals surface area contributed by atoms with E-state index >= 15 is 0 Å². The van der Waals surface area contributed by atoms with Crippen LogP contribution in [0.15, 0.2) is 41.0 Å². The number of halogens is 1. The van der Waals surface area contributed by atoms with Crippen molar-refractivity contribution in [3.63, 3.8) is 0 Å². The van der Waals surface area contributed by atoms with Crippen molar-refractivity contribution in [2.24, 2.45) is 0 Å². The van der Waals surface area contributed by atoms with Gasteiger partial charge in [0.2, 0.25) is 0 Å². The second-order valence-corrected chi connectivity index (χ2v) is 4.32. The van der Waals surface area contributed by atoms with Gasteiger partial charge in [0.25, 0.3) is 0 Å². The number of hydrogen-bond acceptors (Lipinski definition) is 4. The first-order valence-electron chi connectivity index (χ1n) is 4.87. The number of nitrogens with one attached hydrogen (secondary N) is 1. The monoisotopic (exact) mass is 288 g/mol. The molecule has 0 amide bonds. The Labute approximate surface area is 107 Å². The molecule has 17 heavy (non-hydrogen) atoms. The van der Waals surface area contributed by atoms with Crippen LogP contribution < -0.4 is 11.1 Å². The van der Waals surface area contributed by atoms with E-state index in [0.29, 0.717) is 22.8 Å². The Hall–Kier alpha value is -2.06. The van der Waals surface area contributed by atoms with Crippen molar-refractivity contribution < 1.29 is 0 Å². The highest BCUT2D eigenvalue weighted by molar-refractivity contribution is 9.10. The lowest BCUT2D eigenvalue weighted by Gasteiger charge is -2.07. The van der Waals surface area contributed by atoms with E-state index in [2.05, 4.69) is 32.3 Å². The number of hydrogen-bond donors (Lipinski definition) is 2. The van der Waals surface area contributed by atoms with Gasteiger partial charge in [0.1, 0.15) is 11.9 Å². The third kappa shape index (κ3) is 2.74. The van der Waals surface area contributed by atoms with Gasteiger partial charge in [0.05, 0.1) is 23.1 Å². The summed E-state index contributed by atoms with van der Waals surface area (Å²) in [5.74, 6) is 0.647. The minimum atomic E-state index is 0.562. The first kappa shape index (κ1) is 11.4. The normalized spacial score (nSPS) is 9.65. The van der Waals surface area contributed by atoms with Crippen LogP contribution in [-0.2, 0) is 0 Å². The predicted molar refractivity (Wildman–Crippen MR) is 70.8 cm³/mol. The Morgan fingerprint density at radius 2 is 2.12 bits per heavy atom. The van der Waals surface area contributed by atoms with Crippen molar-refractivity contribution in [1.82, 2.24) is 4.98 Å². The smallest absolute Gasteiger partial charge is 0.130 e. The zero-order valence-electron chi connectivity index (χ0n) is 8.81. The Morgan fingerprint density at radius 3 is 2.76 bits per heavy atom. The van der Waals surface area contributed by atoms with Gasteiger partial charge < -0.3 is 11.1 Å². The average Bonchev–Trinajstić information content (AvgIpc) is 2.32. The lowest BCUT2D eigenvalue weighted by Crippen LogP contribution is -1.96. The molecule has 2 aromatic rings. The van der Waals surface area contributed by atoms with Crippen LogP contribution in [0.25, 0.3) is 0 Å². The molecule has 0 aliphatic carbocycles. The number of nitrogen functional groups attached to an aromatic ring is 1. The van der Waals surface area contributed by atoms with Gasteiger partial charge in [-0.25, -0.2) is 4.98 Å². The second-order valence-electron chi connectivity index (χ2n) is 3.40. The number of nitrogens with zero attached hydrogens (tertiary/aromatic N) is 2. The molecule has 0 saturated heterocycles. The van der Waals surface area contributed by atoms with Crippen LogP contribution in [0.2, 0.25) is 0 Å². The average molecular weight is 289 g/mol. The number of benzene rings is 1. The first-order valence-corrected chi connectivity index (χ1v) is 5.66. The maximum atomic E-state index is 8.99. The highest BCUT2D eigenvalue weighted by Gasteiger charge is 2.03. The van der Waals surface area contributed by atoms with Gasteiger partial charge in [0.15, 0.2) is 0 Å². The molecule has 0 aliphatic heterocycles. The SMILES string of the molecule is N#Cc1ccc(Br)cc1Nc1ccc(N)cn1. The molecule has 0 spiro atoms. The van der Waals surface area contributed by atoms with Gasteiger partial charge in [-0.3, -0.25) is 0 Å². The lowest BCUT2D eigenvalue weighted by molar-refractivity contribution is 1.30. The third-order valence-electron chi connectivity index (χ3n) is 2.15. The summed E-state index contributed by atoms with van der Waals surface area (Å²) in [7, 11) is 0. The minimum Gasteiger partial charge on any atom is -0.397 e. The van der Waals surface area contributed by atoms with Crippen molar-refractivity contribution >= 4 is 33.1 Å². The largest absolute Gasteiger partial charge is 0.397 e. The maximum absolute atomic E-state index is 8.99. The van der Waals surface area contributed by atoms with E-state index in [1.807, 2.05) is 12.1 Å². The van der Waals surface area contributed by atoms with Crippen LogP contribution in [0.3, 0.4) is 0 Å². The van der Waals surface area contributed by atoms with Crippen molar-refractivity contribution in [3.8, 4) is 6.07 Å². The lowest BCUT2D eigenvalue weighted by atomic mass is 10.2. The van der Waals surface area contributed by atoms with E-state index in [1.54, 1.807) is 24.4 Å². The Kier molecular flexibility index (Phi) is 3.26. The Morgan fingerprint density at radius 1 is 1.29 bits per heavy atom. The summed E-state index contributed by atoms with van der Waals surface area (Å²) in [5, 5.41) is 12.1. The van der Waals surface area contributed by atoms with Crippen LogP contribution in [0.4, 0.5) is 17.2 Å². The number of nitriles is 1. The zero-order chi connectivity index (χ0) is 12.3. The van der Waals surface area contributed by atoms with Gasteiger partial charge in [-0.05, 0) is 30.3 Å². The summed E-state index contributed by atoms with van der Waals surface area (Å²) in [6, 6.07) is 11.0. The zero-order valence-corrected chi connectivity index (χ0v) is 10.4. The van der Waals surface area contributed by atoms with E-state index in [9.17, 15) is 0 Å². The molecular weight excluding hydrogens is 280 g/mol. The van der Waals surface area contributed by atoms with Gasteiger partial charge in [-0.1, -0.05) is 15.9 Å². The fraction of sp³-hybridized carbons (Fsp3) is 0. The fourth-order valence-electron chi connectivity index (χ4n) is 1.33. The molecule has 0 unspecified atom stereocenters. The van der Waals surface area contributed by atoms with Crippen LogP contribution in [0, 0.1) is 11.3 Å². The van der Waals surface area contributed by atoms with E-state index in [0.717, 1.165) is 4.47 Å². The molecule has 1 aromatic heterocycles. The molecule has 0 fully saturated rings. The summed E-state index contributed by atoms with van der Waals surface area (Å²) in [4.78, 5) is 4.12.